The maximum atomic E-state index is 12.7. The molecule has 0 radical (unpaired) electrons. The highest BCUT2D eigenvalue weighted by molar-refractivity contribution is 5.94. The van der Waals surface area contributed by atoms with Gasteiger partial charge in [0.15, 0.2) is 0 Å². The van der Waals surface area contributed by atoms with Gasteiger partial charge in [-0.2, -0.15) is 5.10 Å². The number of aromatic nitrogens is 5. The highest BCUT2D eigenvalue weighted by Gasteiger charge is 2.20. The van der Waals surface area contributed by atoms with Gasteiger partial charge in [0.25, 0.3) is 0 Å². The fourth-order valence-corrected chi connectivity index (χ4v) is 4.34. The van der Waals surface area contributed by atoms with Crippen LogP contribution < -0.4 is 15.4 Å². The largest absolute Gasteiger partial charge is 0.497 e. The zero-order valence-electron chi connectivity index (χ0n) is 19.6. The monoisotopic (exact) mass is 480 g/mol. The number of ether oxygens (including phenoxy) is 1. The first-order valence-electron chi connectivity index (χ1n) is 11.6. The molecule has 180 valence electrons. The van der Waals surface area contributed by atoms with Crippen molar-refractivity contribution in [2.24, 2.45) is 0 Å². The minimum atomic E-state index is -0.126. The fraction of sp³-hybridized carbons (Fsp3) is 0.154. The summed E-state index contributed by atoms with van der Waals surface area (Å²) in [5, 5.41) is 15.3. The average Bonchev–Trinajstić information content (AvgIpc) is 3.57. The number of nitrogens with one attached hydrogen (secondary N) is 4. The molecular weight excluding hydrogens is 456 g/mol. The van der Waals surface area contributed by atoms with E-state index >= 15 is 0 Å². The van der Waals surface area contributed by atoms with Gasteiger partial charge in [0, 0.05) is 35.5 Å². The van der Waals surface area contributed by atoms with Crippen LogP contribution in [0.15, 0.2) is 67.1 Å². The second-order valence-electron chi connectivity index (χ2n) is 8.55. The lowest BCUT2D eigenvalue weighted by Gasteiger charge is -2.26. The molecule has 1 aliphatic heterocycles. The summed E-state index contributed by atoms with van der Waals surface area (Å²) in [5.41, 5.74) is 5.51. The predicted octanol–water partition coefficient (Wildman–Crippen LogP) is 4.91. The molecule has 0 unspecified atom stereocenters. The molecule has 0 bridgehead atoms. The number of nitrogens with zero attached hydrogens (tertiary/aromatic N) is 4. The molecule has 2 amide bonds. The summed E-state index contributed by atoms with van der Waals surface area (Å²) >= 11 is 0. The van der Waals surface area contributed by atoms with Crippen molar-refractivity contribution in [2.45, 2.75) is 6.42 Å². The van der Waals surface area contributed by atoms with E-state index in [4.69, 9.17) is 4.74 Å². The number of benzene rings is 2. The molecule has 1 aliphatic rings. The third-order valence-electron chi connectivity index (χ3n) is 6.31. The van der Waals surface area contributed by atoms with E-state index in [1.165, 1.54) is 0 Å². The van der Waals surface area contributed by atoms with Gasteiger partial charge in [-0.3, -0.25) is 5.10 Å². The zero-order chi connectivity index (χ0) is 24.5. The van der Waals surface area contributed by atoms with E-state index in [1.807, 2.05) is 42.5 Å². The van der Waals surface area contributed by atoms with Crippen LogP contribution >= 0.6 is 0 Å². The Morgan fingerprint density at radius 1 is 1.08 bits per heavy atom. The van der Waals surface area contributed by atoms with Crippen molar-refractivity contribution >= 4 is 50.7 Å². The maximum Gasteiger partial charge on any atom is 0.322 e. The van der Waals surface area contributed by atoms with Gasteiger partial charge in [-0.15, -0.1) is 0 Å². The highest BCUT2D eigenvalue weighted by atomic mass is 16.5. The van der Waals surface area contributed by atoms with E-state index in [-0.39, 0.29) is 6.03 Å². The molecule has 0 saturated heterocycles. The Kier molecular flexibility index (Phi) is 5.45. The van der Waals surface area contributed by atoms with Crippen LogP contribution in [0.5, 0.6) is 5.75 Å². The van der Waals surface area contributed by atoms with Crippen LogP contribution in [0.25, 0.3) is 27.5 Å². The number of carbonyl (C=O) groups excluding carboxylic acids is 1. The van der Waals surface area contributed by atoms with Crippen LogP contribution in [0.4, 0.5) is 22.0 Å². The fourth-order valence-electron chi connectivity index (χ4n) is 4.34. The van der Waals surface area contributed by atoms with E-state index in [0.29, 0.717) is 13.1 Å². The van der Waals surface area contributed by atoms with Crippen molar-refractivity contribution in [1.29, 1.82) is 0 Å². The number of H-pyrrole nitrogens is 2. The first kappa shape index (κ1) is 21.7. The summed E-state index contributed by atoms with van der Waals surface area (Å²) in [6.45, 7) is 1.14. The number of aromatic amines is 2. The lowest BCUT2D eigenvalue weighted by Crippen LogP contribution is -2.37. The van der Waals surface area contributed by atoms with Crippen LogP contribution in [-0.4, -0.2) is 56.3 Å². The Labute approximate surface area is 206 Å². The van der Waals surface area contributed by atoms with Crippen molar-refractivity contribution < 1.29 is 9.53 Å². The van der Waals surface area contributed by atoms with E-state index in [0.717, 1.165) is 62.6 Å². The summed E-state index contributed by atoms with van der Waals surface area (Å²) < 4.78 is 5.17. The summed E-state index contributed by atoms with van der Waals surface area (Å²) in [5.74, 6) is 1.47. The highest BCUT2D eigenvalue weighted by Crippen LogP contribution is 2.30. The summed E-state index contributed by atoms with van der Waals surface area (Å²) in [6.07, 6.45) is 6.15. The molecule has 0 aliphatic carbocycles. The van der Waals surface area contributed by atoms with Crippen molar-refractivity contribution in [2.75, 3.05) is 30.8 Å². The molecule has 4 N–H and O–H groups in total. The molecular formula is C26H24N8O2. The van der Waals surface area contributed by atoms with Crippen LogP contribution in [0.3, 0.4) is 0 Å². The standard InChI is InChI=1S/C26H24N8O2/c1-36-20-5-2-18(3-6-20)31-26(35)34-10-8-16(9-11-34)23-13-21-24(27-15-28-25(21)32-23)30-19-4-7-22-17(12-19)14-29-33-22/h2-8,12-15H,9-11H2,1H3,(H,29,33)(H,31,35)(H2,27,28,30,32). The molecule has 0 fully saturated rings. The summed E-state index contributed by atoms with van der Waals surface area (Å²) in [4.78, 5) is 26.8. The normalized spacial score (nSPS) is 13.6. The van der Waals surface area contributed by atoms with Gasteiger partial charge in [-0.1, -0.05) is 6.08 Å². The Bertz CT molecular complexity index is 1580. The zero-order valence-corrected chi connectivity index (χ0v) is 19.6. The Balaban J connectivity index is 1.17. The number of hydrogen-bond acceptors (Lipinski definition) is 6. The van der Waals surface area contributed by atoms with E-state index < -0.39 is 0 Å². The van der Waals surface area contributed by atoms with E-state index in [9.17, 15) is 4.79 Å². The molecule has 2 aromatic carbocycles. The molecule has 10 heteroatoms. The third kappa shape index (κ3) is 4.20. The van der Waals surface area contributed by atoms with Gasteiger partial charge in [-0.25, -0.2) is 14.8 Å². The molecule has 0 spiro atoms. The van der Waals surface area contributed by atoms with Gasteiger partial charge in [0.2, 0.25) is 0 Å². The first-order valence-corrected chi connectivity index (χ1v) is 11.6. The van der Waals surface area contributed by atoms with Gasteiger partial charge in [0.05, 0.1) is 24.2 Å². The molecule has 6 rings (SSSR count). The van der Waals surface area contributed by atoms with Gasteiger partial charge in [0.1, 0.15) is 23.5 Å². The van der Waals surface area contributed by atoms with Gasteiger partial charge in [-0.05, 0) is 60.5 Å². The molecule has 3 aromatic heterocycles. The van der Waals surface area contributed by atoms with Gasteiger partial charge >= 0.3 is 6.03 Å². The minimum Gasteiger partial charge on any atom is -0.497 e. The Hall–Kier alpha value is -4.86. The molecule has 36 heavy (non-hydrogen) atoms. The minimum absolute atomic E-state index is 0.126. The van der Waals surface area contributed by atoms with Crippen LogP contribution in [-0.2, 0) is 0 Å². The number of anilines is 3. The lowest BCUT2D eigenvalue weighted by molar-refractivity contribution is 0.217. The number of fused-ring (bicyclic) bond motifs is 2. The smallest absolute Gasteiger partial charge is 0.322 e. The number of urea groups is 1. The van der Waals surface area contributed by atoms with Crippen LogP contribution in [0.1, 0.15) is 12.1 Å². The molecule has 4 heterocycles. The SMILES string of the molecule is COc1ccc(NC(=O)N2CC=C(c3cc4c(Nc5ccc6[nH]ncc6c5)ncnc4[nH]3)CC2)cc1. The summed E-state index contributed by atoms with van der Waals surface area (Å²) in [6, 6.07) is 15.2. The topological polar surface area (TPSA) is 124 Å². The van der Waals surface area contributed by atoms with E-state index in [1.54, 1.807) is 24.5 Å². The van der Waals surface area contributed by atoms with Gasteiger partial charge < -0.3 is 25.3 Å². The second kappa shape index (κ2) is 9.06. The third-order valence-corrected chi connectivity index (χ3v) is 6.31. The molecule has 0 saturated carbocycles. The van der Waals surface area contributed by atoms with Crippen molar-refractivity contribution in [3.8, 4) is 5.75 Å². The Morgan fingerprint density at radius 2 is 1.94 bits per heavy atom. The van der Waals surface area contributed by atoms with Crippen LogP contribution in [0.2, 0.25) is 0 Å². The maximum absolute atomic E-state index is 12.7. The average molecular weight is 481 g/mol. The number of carbonyl (C=O) groups is 1. The van der Waals surface area contributed by atoms with Crippen LogP contribution in [0, 0.1) is 0 Å². The number of rotatable bonds is 5. The molecule has 0 atom stereocenters. The Morgan fingerprint density at radius 3 is 2.75 bits per heavy atom. The molecule has 5 aromatic rings. The van der Waals surface area contributed by atoms with Crippen molar-refractivity contribution in [3.05, 3.63) is 72.8 Å². The quantitative estimate of drug-likeness (QED) is 0.283. The molecule has 10 nitrogen and oxygen atoms in total. The lowest BCUT2D eigenvalue weighted by atomic mass is 10.1. The number of amides is 2. The second-order valence-corrected chi connectivity index (χ2v) is 8.55. The van der Waals surface area contributed by atoms with Crippen molar-refractivity contribution in [3.63, 3.8) is 0 Å². The number of methoxy groups -OCH3 is 1. The summed E-state index contributed by atoms with van der Waals surface area (Å²) in [7, 11) is 1.62. The van der Waals surface area contributed by atoms with Crippen molar-refractivity contribution in [1.82, 2.24) is 30.0 Å². The predicted molar refractivity (Wildman–Crippen MR) is 139 cm³/mol. The number of hydrogen-bond donors (Lipinski definition) is 4. The van der Waals surface area contributed by atoms with E-state index in [2.05, 4.69) is 47.9 Å². The first-order chi connectivity index (χ1) is 17.7.